The summed E-state index contributed by atoms with van der Waals surface area (Å²) in [6, 6.07) is 30.8. The SMILES string of the molecule is COc1ccc(C2C(CC[C@H](O)c3ccccc3)C(=O)N2c2ccc(NC(=O)CCCCNC(=O)C(Cc3ccc(N)cc3)NC(=O)CCCCC3SCC4NC(=O)NC43)cc2)cc1. The second kappa shape index (κ2) is 22.0. The van der Waals surface area contributed by atoms with Crippen LogP contribution in [0.2, 0.25) is 0 Å². The zero-order chi connectivity index (χ0) is 45.0. The average Bonchev–Trinajstić information content (AvgIpc) is 3.86. The number of amides is 6. The summed E-state index contributed by atoms with van der Waals surface area (Å²) in [5.74, 6) is 0.626. The second-order valence-corrected chi connectivity index (χ2v) is 18.1. The number of carbonyl (C=O) groups excluding carboxylic acids is 5. The molecule has 3 saturated heterocycles. The van der Waals surface area contributed by atoms with Crippen molar-refractivity contribution in [3.8, 4) is 5.75 Å². The van der Waals surface area contributed by atoms with Gasteiger partial charge in [0.05, 0.1) is 37.3 Å². The molecule has 3 fully saturated rings. The number of benzene rings is 4. The number of aliphatic hydroxyl groups is 1. The molecule has 3 aliphatic heterocycles. The molecule has 15 heteroatoms. The first kappa shape index (κ1) is 45.9. The van der Waals surface area contributed by atoms with E-state index in [-0.39, 0.29) is 60.1 Å². The summed E-state index contributed by atoms with van der Waals surface area (Å²) in [5, 5.41) is 25.9. The Kier molecular flexibility index (Phi) is 15.8. The number of carbonyl (C=O) groups is 5. The van der Waals surface area contributed by atoms with Gasteiger partial charge in [-0.05, 0) is 104 Å². The zero-order valence-corrected chi connectivity index (χ0v) is 37.0. The van der Waals surface area contributed by atoms with Crippen LogP contribution < -0.4 is 42.0 Å². The molecule has 0 aromatic heterocycles. The minimum Gasteiger partial charge on any atom is -0.497 e. The van der Waals surface area contributed by atoms with Gasteiger partial charge in [0.2, 0.25) is 23.6 Å². The van der Waals surface area contributed by atoms with E-state index in [0.717, 1.165) is 41.0 Å². The van der Waals surface area contributed by atoms with Crippen molar-refractivity contribution in [3.63, 3.8) is 0 Å². The number of nitrogens with two attached hydrogens (primary N) is 1. The standard InChI is InChI=1S/C49H59N7O7S/c1-63-37-24-16-33(17-25-37)46-38(26-27-41(57)32-9-3-2-4-10-32)48(61)56(46)36-22-20-35(21-23-36)52-43(58)13-7-8-28-51-47(60)39(29-31-14-18-34(50)19-15-31)53-44(59)12-6-5-11-42-45-40(30-64-42)54-49(62)55-45/h2-4,9-10,14-25,38-42,45-46,57H,5-8,11-13,26-30,50H2,1H3,(H,51,60)(H,52,58)(H,53,59)(H2,54,55,62)/t38?,39?,40?,41-,42?,45?,46?/m0/s1. The van der Waals surface area contributed by atoms with E-state index in [2.05, 4.69) is 26.6 Å². The summed E-state index contributed by atoms with van der Waals surface area (Å²) >= 11 is 1.85. The lowest BCUT2D eigenvalue weighted by Gasteiger charge is -2.48. The molecule has 6 amide bonds. The third-order valence-electron chi connectivity index (χ3n) is 12.3. The van der Waals surface area contributed by atoms with E-state index < -0.39 is 12.1 Å². The predicted octanol–water partition coefficient (Wildman–Crippen LogP) is 6.17. The fourth-order valence-corrected chi connectivity index (χ4v) is 10.3. The van der Waals surface area contributed by atoms with E-state index in [9.17, 15) is 29.1 Å². The monoisotopic (exact) mass is 889 g/mol. The summed E-state index contributed by atoms with van der Waals surface area (Å²) in [6.45, 7) is 0.340. The molecule has 14 nitrogen and oxygen atoms in total. The number of β-lactam (4-membered cyclic amide) rings is 1. The van der Waals surface area contributed by atoms with Crippen molar-refractivity contribution in [2.24, 2.45) is 5.92 Å². The molecule has 3 aliphatic rings. The molecule has 0 radical (unpaired) electrons. The van der Waals surface area contributed by atoms with Crippen molar-refractivity contribution in [1.29, 1.82) is 0 Å². The van der Waals surface area contributed by atoms with Gasteiger partial charge in [0, 0.05) is 53.9 Å². The third kappa shape index (κ3) is 11.9. The summed E-state index contributed by atoms with van der Waals surface area (Å²) in [6.07, 6.45) is 4.66. The van der Waals surface area contributed by atoms with Crippen LogP contribution in [0.15, 0.2) is 103 Å². The average molecular weight is 890 g/mol. The van der Waals surface area contributed by atoms with Crippen LogP contribution >= 0.6 is 11.8 Å². The quantitative estimate of drug-likeness (QED) is 0.0208. The number of hydrogen-bond acceptors (Lipinski definition) is 9. The summed E-state index contributed by atoms with van der Waals surface area (Å²) in [7, 11) is 1.61. The van der Waals surface area contributed by atoms with Crippen LogP contribution in [0, 0.1) is 5.92 Å². The van der Waals surface area contributed by atoms with Crippen LogP contribution in [0.25, 0.3) is 0 Å². The van der Waals surface area contributed by atoms with Crippen LogP contribution in [0.5, 0.6) is 5.75 Å². The predicted molar refractivity (Wildman–Crippen MR) is 250 cm³/mol. The smallest absolute Gasteiger partial charge is 0.315 e. The number of methoxy groups -OCH3 is 1. The van der Waals surface area contributed by atoms with Crippen LogP contribution in [0.1, 0.15) is 86.6 Å². The van der Waals surface area contributed by atoms with Crippen LogP contribution in [0.4, 0.5) is 21.9 Å². The lowest BCUT2D eigenvalue weighted by Crippen LogP contribution is -2.55. The van der Waals surface area contributed by atoms with E-state index in [0.29, 0.717) is 73.8 Å². The number of aliphatic hydroxyl groups excluding tert-OH is 1. The Morgan fingerprint density at radius 1 is 0.859 bits per heavy atom. The van der Waals surface area contributed by atoms with Gasteiger partial charge in [-0.3, -0.25) is 19.2 Å². The molecule has 338 valence electrons. The third-order valence-corrected chi connectivity index (χ3v) is 13.8. The maximum atomic E-state index is 13.7. The Morgan fingerprint density at radius 2 is 1.58 bits per heavy atom. The molecule has 8 N–H and O–H groups in total. The maximum Gasteiger partial charge on any atom is 0.315 e. The van der Waals surface area contributed by atoms with E-state index in [1.54, 1.807) is 36.3 Å². The lowest BCUT2D eigenvalue weighted by molar-refractivity contribution is -0.131. The summed E-state index contributed by atoms with van der Waals surface area (Å²) in [4.78, 5) is 66.5. The van der Waals surface area contributed by atoms with Gasteiger partial charge in [-0.2, -0.15) is 11.8 Å². The highest BCUT2D eigenvalue weighted by molar-refractivity contribution is 8.00. The highest BCUT2D eigenvalue weighted by Gasteiger charge is 2.48. The minimum absolute atomic E-state index is 0.0212. The van der Waals surface area contributed by atoms with Crippen molar-refractivity contribution < 1.29 is 33.8 Å². The fourth-order valence-electron chi connectivity index (χ4n) is 8.79. The van der Waals surface area contributed by atoms with Crippen molar-refractivity contribution >= 4 is 58.5 Å². The lowest BCUT2D eigenvalue weighted by atomic mass is 9.78. The van der Waals surface area contributed by atoms with E-state index >= 15 is 0 Å². The molecule has 0 bridgehead atoms. The first-order chi connectivity index (χ1) is 31.1. The molecule has 64 heavy (non-hydrogen) atoms. The molecule has 0 spiro atoms. The molecule has 7 rings (SSSR count). The van der Waals surface area contributed by atoms with Gasteiger partial charge in [-0.25, -0.2) is 4.79 Å². The second-order valence-electron chi connectivity index (χ2n) is 16.8. The Balaban J connectivity index is 0.852. The number of hydrogen-bond donors (Lipinski definition) is 7. The summed E-state index contributed by atoms with van der Waals surface area (Å²) < 4.78 is 5.36. The first-order valence-corrected chi connectivity index (χ1v) is 23.3. The molecule has 0 aliphatic carbocycles. The number of nitrogen functional groups attached to an aromatic ring is 1. The van der Waals surface area contributed by atoms with E-state index in [4.69, 9.17) is 10.5 Å². The molecule has 0 saturated carbocycles. The van der Waals surface area contributed by atoms with Crippen LogP contribution in [-0.2, 0) is 25.6 Å². The number of nitrogens with one attached hydrogen (secondary N) is 5. The van der Waals surface area contributed by atoms with Crippen molar-refractivity contribution in [2.45, 2.75) is 99.7 Å². The molecule has 4 aromatic carbocycles. The van der Waals surface area contributed by atoms with Gasteiger partial charge in [-0.15, -0.1) is 0 Å². The highest BCUT2D eigenvalue weighted by atomic mass is 32.2. The molecule has 7 atom stereocenters. The highest BCUT2D eigenvalue weighted by Crippen LogP contribution is 2.47. The number of urea groups is 1. The Morgan fingerprint density at radius 3 is 2.31 bits per heavy atom. The van der Waals surface area contributed by atoms with Crippen LogP contribution in [-0.4, -0.2) is 77.5 Å². The molecule has 3 heterocycles. The number of thioether (sulfide) groups is 1. The molecule has 6 unspecified atom stereocenters. The number of fused-ring (bicyclic) bond motifs is 1. The maximum absolute atomic E-state index is 13.7. The zero-order valence-electron chi connectivity index (χ0n) is 36.2. The Labute approximate surface area is 378 Å². The van der Waals surface area contributed by atoms with Gasteiger partial charge in [0.15, 0.2) is 0 Å². The summed E-state index contributed by atoms with van der Waals surface area (Å²) in [5.41, 5.74) is 10.5. The Bertz CT molecular complexity index is 2210. The fraction of sp³-hybridized carbons (Fsp3) is 0.408. The minimum atomic E-state index is -0.773. The van der Waals surface area contributed by atoms with Gasteiger partial charge < -0.3 is 47.1 Å². The van der Waals surface area contributed by atoms with Gasteiger partial charge >= 0.3 is 6.03 Å². The number of nitrogens with zero attached hydrogens (tertiary/aromatic N) is 1. The molecule has 4 aromatic rings. The number of anilines is 3. The van der Waals surface area contributed by atoms with Gasteiger partial charge in [0.1, 0.15) is 11.8 Å². The number of ether oxygens (including phenoxy) is 1. The molecular weight excluding hydrogens is 831 g/mol. The van der Waals surface area contributed by atoms with Gasteiger partial charge in [-0.1, -0.05) is 61.0 Å². The van der Waals surface area contributed by atoms with Crippen LogP contribution in [0.3, 0.4) is 0 Å². The topological polar surface area (TPSA) is 204 Å². The number of rotatable bonds is 22. The van der Waals surface area contributed by atoms with Gasteiger partial charge in [0.25, 0.3) is 0 Å². The van der Waals surface area contributed by atoms with Crippen molar-refractivity contribution in [3.05, 3.63) is 120 Å². The first-order valence-electron chi connectivity index (χ1n) is 22.3. The largest absolute Gasteiger partial charge is 0.497 e. The Hall–Kier alpha value is -6.06. The van der Waals surface area contributed by atoms with E-state index in [1.165, 1.54) is 0 Å². The van der Waals surface area contributed by atoms with Crippen molar-refractivity contribution in [1.82, 2.24) is 21.3 Å². The number of unbranched alkanes of at least 4 members (excludes halogenated alkanes) is 2. The van der Waals surface area contributed by atoms with Crippen molar-refractivity contribution in [2.75, 3.05) is 35.4 Å². The normalized spacial score (nSPS) is 20.8. The van der Waals surface area contributed by atoms with E-state index in [1.807, 2.05) is 90.6 Å². The molecular formula is C49H59N7O7S.